The van der Waals surface area contributed by atoms with Crippen molar-refractivity contribution in [2.24, 2.45) is 0 Å². The Kier molecular flexibility index (Phi) is 3.20. The van der Waals surface area contributed by atoms with Crippen LogP contribution >= 0.6 is 0 Å². The smallest absolute Gasteiger partial charge is 0.147 e. The fourth-order valence-electron chi connectivity index (χ4n) is 1.43. The van der Waals surface area contributed by atoms with E-state index in [0.717, 1.165) is 12.1 Å². The van der Waals surface area contributed by atoms with E-state index in [0.29, 0.717) is 5.69 Å². The van der Waals surface area contributed by atoms with Crippen LogP contribution in [-0.2, 0) is 0 Å². The highest BCUT2D eigenvalue weighted by atomic mass is 19.1. The van der Waals surface area contributed by atoms with Crippen molar-refractivity contribution in [1.82, 2.24) is 4.98 Å². The summed E-state index contributed by atoms with van der Waals surface area (Å²) in [5.74, 6) is -1.03. The minimum absolute atomic E-state index is 0.0320. The first-order chi connectivity index (χ1) is 8.60. The monoisotopic (exact) mass is 245 g/mol. The van der Waals surface area contributed by atoms with Gasteiger partial charge in [-0.15, -0.1) is 0 Å². The first-order valence-corrected chi connectivity index (χ1v) is 5.19. The molecule has 0 unspecified atom stereocenters. The number of aryl methyl sites for hydroxylation is 1. The number of hydrogen-bond acceptors (Lipinski definition) is 3. The number of nitrogens with one attached hydrogen (secondary N) is 1. The Bertz CT molecular complexity index is 615. The second-order valence-electron chi connectivity index (χ2n) is 3.75. The number of hydrogen-bond donors (Lipinski definition) is 1. The molecule has 1 aromatic carbocycles. The SMILES string of the molecule is Cc1cc(F)c(Nc2ccc(C#N)nc2)cc1F. The summed E-state index contributed by atoms with van der Waals surface area (Å²) in [5, 5.41) is 11.3. The molecular formula is C13H9F2N3. The molecule has 0 atom stereocenters. The maximum Gasteiger partial charge on any atom is 0.147 e. The summed E-state index contributed by atoms with van der Waals surface area (Å²) in [5.41, 5.74) is 1.02. The molecule has 2 rings (SSSR count). The maximum atomic E-state index is 13.6. The molecule has 2 aromatic rings. The lowest BCUT2D eigenvalue weighted by Gasteiger charge is -2.08. The van der Waals surface area contributed by atoms with Gasteiger partial charge in [0.2, 0.25) is 0 Å². The molecule has 0 radical (unpaired) electrons. The molecule has 5 heteroatoms. The quantitative estimate of drug-likeness (QED) is 0.883. The van der Waals surface area contributed by atoms with Crippen LogP contribution in [0.3, 0.4) is 0 Å². The molecule has 18 heavy (non-hydrogen) atoms. The van der Waals surface area contributed by atoms with Gasteiger partial charge in [0, 0.05) is 6.07 Å². The molecule has 0 fully saturated rings. The van der Waals surface area contributed by atoms with Crippen LogP contribution in [0.1, 0.15) is 11.3 Å². The fraction of sp³-hybridized carbons (Fsp3) is 0.0769. The molecule has 3 nitrogen and oxygen atoms in total. The van der Waals surface area contributed by atoms with Crippen molar-refractivity contribution in [3.63, 3.8) is 0 Å². The molecular weight excluding hydrogens is 236 g/mol. The van der Waals surface area contributed by atoms with Crippen LogP contribution in [0.2, 0.25) is 0 Å². The molecule has 90 valence electrons. The number of nitrogens with zero attached hydrogens (tertiary/aromatic N) is 2. The standard InChI is InChI=1S/C13H9F2N3/c1-8-4-12(15)13(5-11(8)14)18-10-3-2-9(6-16)17-7-10/h2-5,7,18H,1H3. The highest BCUT2D eigenvalue weighted by Gasteiger charge is 2.07. The highest BCUT2D eigenvalue weighted by molar-refractivity contribution is 5.60. The van der Waals surface area contributed by atoms with E-state index in [4.69, 9.17) is 5.26 Å². The van der Waals surface area contributed by atoms with Crippen molar-refractivity contribution in [2.75, 3.05) is 5.32 Å². The van der Waals surface area contributed by atoms with Crippen molar-refractivity contribution in [1.29, 1.82) is 5.26 Å². The van der Waals surface area contributed by atoms with E-state index in [2.05, 4.69) is 10.3 Å². The summed E-state index contributed by atoms with van der Waals surface area (Å²) in [7, 11) is 0. The van der Waals surface area contributed by atoms with Gasteiger partial charge in [-0.25, -0.2) is 13.8 Å². The molecule has 1 aromatic heterocycles. The Morgan fingerprint density at radius 3 is 2.61 bits per heavy atom. The van der Waals surface area contributed by atoms with Crippen molar-refractivity contribution < 1.29 is 8.78 Å². The molecule has 0 aliphatic carbocycles. The van der Waals surface area contributed by atoms with Gasteiger partial charge in [-0.1, -0.05) is 0 Å². The molecule has 1 N–H and O–H groups in total. The Labute approximate surface area is 103 Å². The topological polar surface area (TPSA) is 48.7 Å². The molecule has 1 heterocycles. The lowest BCUT2D eigenvalue weighted by Crippen LogP contribution is -1.97. The van der Waals surface area contributed by atoms with Crippen molar-refractivity contribution in [3.05, 3.63) is 53.4 Å². The van der Waals surface area contributed by atoms with Crippen molar-refractivity contribution >= 4 is 11.4 Å². The van der Waals surface area contributed by atoms with E-state index in [9.17, 15) is 8.78 Å². The summed E-state index contributed by atoms with van der Waals surface area (Å²) in [4.78, 5) is 3.82. The third kappa shape index (κ3) is 2.43. The number of anilines is 2. The molecule has 0 aliphatic rings. The predicted molar refractivity (Wildman–Crippen MR) is 63.3 cm³/mol. The van der Waals surface area contributed by atoms with E-state index < -0.39 is 11.6 Å². The minimum atomic E-state index is -0.543. The Morgan fingerprint density at radius 1 is 1.22 bits per heavy atom. The van der Waals surface area contributed by atoms with E-state index in [1.54, 1.807) is 6.07 Å². The highest BCUT2D eigenvalue weighted by Crippen LogP contribution is 2.22. The summed E-state index contributed by atoms with van der Waals surface area (Å²) < 4.78 is 26.9. The van der Waals surface area contributed by atoms with Crippen molar-refractivity contribution in [2.45, 2.75) is 6.92 Å². The van der Waals surface area contributed by atoms with Crippen LogP contribution in [0.4, 0.5) is 20.2 Å². The van der Waals surface area contributed by atoms with Crippen LogP contribution in [0.15, 0.2) is 30.5 Å². The first-order valence-electron chi connectivity index (χ1n) is 5.19. The summed E-state index contributed by atoms with van der Waals surface area (Å²) in [6, 6.07) is 7.14. The minimum Gasteiger partial charge on any atom is -0.352 e. The molecule has 0 spiro atoms. The Morgan fingerprint density at radius 2 is 2.00 bits per heavy atom. The average Bonchev–Trinajstić information content (AvgIpc) is 2.37. The van der Waals surface area contributed by atoms with Crippen LogP contribution in [0.5, 0.6) is 0 Å². The van der Waals surface area contributed by atoms with Crippen LogP contribution in [0, 0.1) is 29.9 Å². The third-order valence-electron chi connectivity index (χ3n) is 2.41. The van der Waals surface area contributed by atoms with Gasteiger partial charge in [0.15, 0.2) is 0 Å². The van der Waals surface area contributed by atoms with Gasteiger partial charge < -0.3 is 5.32 Å². The Balaban J connectivity index is 2.28. The molecule has 0 amide bonds. The summed E-state index contributed by atoms with van der Waals surface area (Å²) in [6.45, 7) is 1.49. The number of halogens is 2. The zero-order chi connectivity index (χ0) is 13.1. The summed E-state index contributed by atoms with van der Waals surface area (Å²) in [6.07, 6.45) is 1.38. The molecule has 0 bridgehead atoms. The van der Waals surface area contributed by atoms with Gasteiger partial charge in [-0.2, -0.15) is 5.26 Å². The summed E-state index contributed by atoms with van der Waals surface area (Å²) >= 11 is 0. The van der Waals surface area contributed by atoms with E-state index in [1.807, 2.05) is 6.07 Å². The van der Waals surface area contributed by atoms with Crippen LogP contribution < -0.4 is 5.32 Å². The zero-order valence-corrected chi connectivity index (χ0v) is 9.54. The van der Waals surface area contributed by atoms with E-state index in [1.165, 1.54) is 19.2 Å². The van der Waals surface area contributed by atoms with Crippen LogP contribution in [-0.4, -0.2) is 4.98 Å². The lowest BCUT2D eigenvalue weighted by molar-refractivity contribution is 0.595. The second-order valence-corrected chi connectivity index (χ2v) is 3.75. The third-order valence-corrected chi connectivity index (χ3v) is 2.41. The van der Waals surface area contributed by atoms with Crippen LogP contribution in [0.25, 0.3) is 0 Å². The molecule has 0 saturated heterocycles. The van der Waals surface area contributed by atoms with Gasteiger partial charge in [0.25, 0.3) is 0 Å². The van der Waals surface area contributed by atoms with E-state index >= 15 is 0 Å². The van der Waals surface area contributed by atoms with Gasteiger partial charge in [-0.3, -0.25) is 0 Å². The zero-order valence-electron chi connectivity index (χ0n) is 9.54. The fourth-order valence-corrected chi connectivity index (χ4v) is 1.43. The van der Waals surface area contributed by atoms with Gasteiger partial charge in [0.1, 0.15) is 23.4 Å². The maximum absolute atomic E-state index is 13.6. The molecule has 0 saturated carbocycles. The predicted octanol–water partition coefficient (Wildman–Crippen LogP) is 3.28. The van der Waals surface area contributed by atoms with Gasteiger partial charge in [0.05, 0.1) is 17.6 Å². The van der Waals surface area contributed by atoms with Gasteiger partial charge in [-0.05, 0) is 30.7 Å². The Hall–Kier alpha value is -2.48. The number of aromatic nitrogens is 1. The van der Waals surface area contributed by atoms with Gasteiger partial charge >= 0.3 is 0 Å². The van der Waals surface area contributed by atoms with Crippen molar-refractivity contribution in [3.8, 4) is 6.07 Å². The second kappa shape index (κ2) is 4.80. The number of benzene rings is 1. The van der Waals surface area contributed by atoms with E-state index in [-0.39, 0.29) is 16.9 Å². The number of rotatable bonds is 2. The number of nitriles is 1. The number of pyridine rings is 1. The average molecular weight is 245 g/mol. The first kappa shape index (κ1) is 12.0. The largest absolute Gasteiger partial charge is 0.352 e. The normalized spacial score (nSPS) is 9.89. The lowest BCUT2D eigenvalue weighted by atomic mass is 10.2. The molecule has 0 aliphatic heterocycles.